The third kappa shape index (κ3) is 5.79. The first-order valence-electron chi connectivity index (χ1n) is 6.34. The minimum Gasteiger partial charge on any atom is -0.481 e. The summed E-state index contributed by atoms with van der Waals surface area (Å²) in [4.78, 5) is 12.6. The van der Waals surface area contributed by atoms with Crippen molar-refractivity contribution in [2.24, 2.45) is 5.92 Å². The highest BCUT2D eigenvalue weighted by Crippen LogP contribution is 2.14. The molecule has 2 N–H and O–H groups in total. The number of carboxylic acid groups (broad SMARTS) is 1. The van der Waals surface area contributed by atoms with E-state index in [0.29, 0.717) is 12.5 Å². The summed E-state index contributed by atoms with van der Waals surface area (Å²) in [5.41, 5.74) is 0. The Labute approximate surface area is 108 Å². The van der Waals surface area contributed by atoms with Crippen molar-refractivity contribution in [2.45, 2.75) is 26.2 Å². The molecular formula is C11H22N2O4S. The van der Waals surface area contributed by atoms with Gasteiger partial charge in [-0.1, -0.05) is 6.92 Å². The van der Waals surface area contributed by atoms with E-state index >= 15 is 0 Å². The van der Waals surface area contributed by atoms with Crippen molar-refractivity contribution in [3.8, 4) is 0 Å². The van der Waals surface area contributed by atoms with Crippen LogP contribution >= 0.6 is 0 Å². The van der Waals surface area contributed by atoms with Crippen molar-refractivity contribution in [1.29, 1.82) is 0 Å². The van der Waals surface area contributed by atoms with Gasteiger partial charge in [0.1, 0.15) is 0 Å². The maximum Gasteiger partial charge on any atom is 0.303 e. The van der Waals surface area contributed by atoms with E-state index in [4.69, 9.17) is 5.11 Å². The zero-order chi connectivity index (χ0) is 13.6. The molecule has 1 saturated heterocycles. The second-order valence-corrected chi connectivity index (χ2v) is 6.64. The maximum atomic E-state index is 11.6. The number of rotatable bonds is 8. The van der Waals surface area contributed by atoms with Crippen LogP contribution in [0.4, 0.5) is 0 Å². The van der Waals surface area contributed by atoms with Crippen molar-refractivity contribution >= 4 is 16.0 Å². The van der Waals surface area contributed by atoms with Gasteiger partial charge in [0.05, 0.1) is 5.75 Å². The van der Waals surface area contributed by atoms with E-state index in [1.54, 1.807) is 0 Å². The number of sulfonamides is 1. The summed E-state index contributed by atoms with van der Waals surface area (Å²) < 4.78 is 25.8. The highest BCUT2D eigenvalue weighted by molar-refractivity contribution is 7.89. The second kappa shape index (κ2) is 7.06. The molecule has 1 unspecified atom stereocenters. The van der Waals surface area contributed by atoms with Gasteiger partial charge in [0, 0.05) is 19.5 Å². The Morgan fingerprint density at radius 1 is 1.50 bits per heavy atom. The molecule has 0 amide bonds. The van der Waals surface area contributed by atoms with Crippen molar-refractivity contribution in [2.75, 3.05) is 31.9 Å². The first kappa shape index (κ1) is 15.4. The van der Waals surface area contributed by atoms with Gasteiger partial charge in [-0.05, 0) is 31.8 Å². The van der Waals surface area contributed by atoms with Crippen molar-refractivity contribution in [1.82, 2.24) is 9.62 Å². The fourth-order valence-electron chi connectivity index (χ4n) is 2.10. The average Bonchev–Trinajstić information content (AvgIpc) is 2.73. The summed E-state index contributed by atoms with van der Waals surface area (Å²) >= 11 is 0. The fourth-order valence-corrected chi connectivity index (χ4v) is 3.26. The number of hydrogen-bond acceptors (Lipinski definition) is 4. The molecule has 0 bridgehead atoms. The molecule has 106 valence electrons. The Kier molecular flexibility index (Phi) is 6.04. The van der Waals surface area contributed by atoms with E-state index in [1.807, 2.05) is 0 Å². The van der Waals surface area contributed by atoms with Crippen molar-refractivity contribution in [3.63, 3.8) is 0 Å². The molecule has 0 saturated carbocycles. The van der Waals surface area contributed by atoms with Gasteiger partial charge in [-0.3, -0.25) is 4.79 Å². The predicted octanol–water partition coefficient (Wildman–Crippen LogP) is 0.112. The normalized spacial score (nSPS) is 21.3. The topological polar surface area (TPSA) is 86.7 Å². The van der Waals surface area contributed by atoms with Crippen LogP contribution in [0, 0.1) is 5.92 Å². The third-order valence-corrected chi connectivity index (χ3v) is 4.65. The molecule has 6 nitrogen and oxygen atoms in total. The molecule has 1 rings (SSSR count). The Morgan fingerprint density at radius 3 is 2.78 bits per heavy atom. The molecule has 0 aromatic rings. The van der Waals surface area contributed by atoms with Gasteiger partial charge in [-0.15, -0.1) is 0 Å². The van der Waals surface area contributed by atoms with Crippen LogP contribution in [0.5, 0.6) is 0 Å². The van der Waals surface area contributed by atoms with Gasteiger partial charge in [0.2, 0.25) is 10.0 Å². The zero-order valence-corrected chi connectivity index (χ0v) is 11.6. The van der Waals surface area contributed by atoms with Crippen molar-refractivity contribution in [3.05, 3.63) is 0 Å². The second-order valence-electron chi connectivity index (χ2n) is 4.71. The summed E-state index contributed by atoms with van der Waals surface area (Å²) in [5.74, 6) is -0.692. The SMILES string of the molecule is CCN1CCC(CNS(=O)(=O)CCCC(=O)O)C1. The molecular weight excluding hydrogens is 256 g/mol. The summed E-state index contributed by atoms with van der Waals surface area (Å²) in [5, 5.41) is 8.45. The van der Waals surface area contributed by atoms with E-state index in [0.717, 1.165) is 26.1 Å². The van der Waals surface area contributed by atoms with E-state index in [1.165, 1.54) is 0 Å². The lowest BCUT2D eigenvalue weighted by molar-refractivity contribution is -0.137. The highest BCUT2D eigenvalue weighted by atomic mass is 32.2. The minimum absolute atomic E-state index is 0.103. The number of nitrogens with one attached hydrogen (secondary N) is 1. The summed E-state index contributed by atoms with van der Waals surface area (Å²) in [6.07, 6.45) is 1.08. The van der Waals surface area contributed by atoms with Crippen LogP contribution in [0.3, 0.4) is 0 Å². The average molecular weight is 278 g/mol. The van der Waals surface area contributed by atoms with E-state index < -0.39 is 16.0 Å². The molecule has 1 fully saturated rings. The maximum absolute atomic E-state index is 11.6. The summed E-state index contributed by atoms with van der Waals surface area (Å²) in [6, 6.07) is 0. The Bertz CT molecular complexity index is 369. The van der Waals surface area contributed by atoms with Gasteiger partial charge in [-0.2, -0.15) is 0 Å². The summed E-state index contributed by atoms with van der Waals surface area (Å²) in [7, 11) is -3.32. The molecule has 7 heteroatoms. The fraction of sp³-hybridized carbons (Fsp3) is 0.909. The molecule has 0 radical (unpaired) electrons. The lowest BCUT2D eigenvalue weighted by Gasteiger charge is -2.13. The summed E-state index contributed by atoms with van der Waals surface area (Å²) in [6.45, 7) is 5.53. The van der Waals surface area contributed by atoms with E-state index in [2.05, 4.69) is 16.5 Å². The molecule has 1 atom stereocenters. The van der Waals surface area contributed by atoms with E-state index in [-0.39, 0.29) is 18.6 Å². The predicted molar refractivity (Wildman–Crippen MR) is 68.9 cm³/mol. The van der Waals surface area contributed by atoms with Crippen LogP contribution in [0.15, 0.2) is 0 Å². The molecule has 0 aliphatic carbocycles. The van der Waals surface area contributed by atoms with Gasteiger partial charge in [0.25, 0.3) is 0 Å². The van der Waals surface area contributed by atoms with Crippen LogP contribution in [0.2, 0.25) is 0 Å². The van der Waals surface area contributed by atoms with Gasteiger partial charge < -0.3 is 10.0 Å². The molecule has 0 aromatic carbocycles. The Balaban J connectivity index is 2.23. The zero-order valence-electron chi connectivity index (χ0n) is 10.8. The molecule has 1 aliphatic heterocycles. The molecule has 1 aliphatic rings. The quantitative estimate of drug-likeness (QED) is 0.658. The lowest BCUT2D eigenvalue weighted by atomic mass is 10.1. The first-order valence-corrected chi connectivity index (χ1v) is 7.99. The van der Waals surface area contributed by atoms with Crippen LogP contribution in [0.25, 0.3) is 0 Å². The van der Waals surface area contributed by atoms with Crippen LogP contribution < -0.4 is 4.72 Å². The standard InChI is InChI=1S/C11H22N2O4S/c1-2-13-6-5-10(9-13)8-12-18(16,17)7-3-4-11(14)15/h10,12H,2-9H2,1H3,(H,14,15). The first-order chi connectivity index (χ1) is 8.43. The molecule has 0 aromatic heterocycles. The van der Waals surface area contributed by atoms with E-state index in [9.17, 15) is 13.2 Å². The third-order valence-electron chi connectivity index (χ3n) is 3.21. The number of nitrogens with zero attached hydrogens (tertiary/aromatic N) is 1. The Hall–Kier alpha value is -0.660. The van der Waals surface area contributed by atoms with Gasteiger partial charge in [-0.25, -0.2) is 13.1 Å². The monoisotopic (exact) mass is 278 g/mol. The smallest absolute Gasteiger partial charge is 0.303 e. The highest BCUT2D eigenvalue weighted by Gasteiger charge is 2.22. The van der Waals surface area contributed by atoms with Crippen LogP contribution in [0.1, 0.15) is 26.2 Å². The number of likely N-dealkylation sites (tertiary alicyclic amines) is 1. The lowest BCUT2D eigenvalue weighted by Crippen LogP contribution is -2.32. The van der Waals surface area contributed by atoms with Gasteiger partial charge in [0.15, 0.2) is 0 Å². The molecule has 18 heavy (non-hydrogen) atoms. The van der Waals surface area contributed by atoms with Crippen LogP contribution in [-0.4, -0.2) is 56.3 Å². The number of aliphatic carboxylic acids is 1. The van der Waals surface area contributed by atoms with Gasteiger partial charge >= 0.3 is 5.97 Å². The number of carbonyl (C=O) groups is 1. The number of carboxylic acids is 1. The largest absolute Gasteiger partial charge is 0.481 e. The minimum atomic E-state index is -3.32. The molecule has 1 heterocycles. The Morgan fingerprint density at radius 2 is 2.22 bits per heavy atom. The molecule has 0 spiro atoms. The van der Waals surface area contributed by atoms with Crippen LogP contribution in [-0.2, 0) is 14.8 Å². The number of hydrogen-bond donors (Lipinski definition) is 2. The van der Waals surface area contributed by atoms with Crippen molar-refractivity contribution < 1.29 is 18.3 Å².